The van der Waals surface area contributed by atoms with Crippen LogP contribution in [0.1, 0.15) is 12.8 Å². The molecule has 2 aliphatic rings. The predicted molar refractivity (Wildman–Crippen MR) is 69.9 cm³/mol. The molecule has 5 nitrogen and oxygen atoms in total. The molecule has 0 aromatic carbocycles. The van der Waals surface area contributed by atoms with Crippen LogP contribution in [-0.2, 0) is 9.47 Å². The minimum absolute atomic E-state index is 0.314. The molecule has 2 fully saturated rings. The Morgan fingerprint density at radius 3 is 2.61 bits per heavy atom. The van der Waals surface area contributed by atoms with Gasteiger partial charge in [-0.3, -0.25) is 0 Å². The first-order valence-electron chi connectivity index (χ1n) is 6.20. The maximum absolute atomic E-state index is 5.72. The van der Waals surface area contributed by atoms with E-state index in [4.69, 9.17) is 9.47 Å². The summed E-state index contributed by atoms with van der Waals surface area (Å²) in [6, 6.07) is 2.04. The Labute approximate surface area is 111 Å². The maximum atomic E-state index is 5.72. The summed E-state index contributed by atoms with van der Waals surface area (Å²) >= 11 is 1.64. The van der Waals surface area contributed by atoms with E-state index in [0.717, 1.165) is 50.0 Å². The van der Waals surface area contributed by atoms with Gasteiger partial charge in [-0.15, -0.1) is 11.8 Å². The Morgan fingerprint density at radius 1 is 1.22 bits per heavy atom. The number of rotatable bonds is 2. The van der Waals surface area contributed by atoms with Crippen LogP contribution in [0.3, 0.4) is 0 Å². The highest BCUT2D eigenvalue weighted by atomic mass is 32.2. The molecule has 0 bridgehead atoms. The van der Waals surface area contributed by atoms with Gasteiger partial charge in [-0.25, -0.2) is 9.97 Å². The Kier molecular flexibility index (Phi) is 3.41. The summed E-state index contributed by atoms with van der Waals surface area (Å²) in [5.41, 5.74) is 0. The zero-order valence-electron chi connectivity index (χ0n) is 10.5. The van der Waals surface area contributed by atoms with Crippen molar-refractivity contribution in [2.45, 2.75) is 23.7 Å². The number of aromatic nitrogens is 2. The van der Waals surface area contributed by atoms with Gasteiger partial charge in [0.2, 0.25) is 0 Å². The lowest BCUT2D eigenvalue weighted by atomic mass is 10.0. The second-order valence-electron chi connectivity index (χ2n) is 4.51. The third-order valence-electron chi connectivity index (χ3n) is 3.50. The Bertz CT molecular complexity index is 414. The van der Waals surface area contributed by atoms with E-state index in [2.05, 4.69) is 14.9 Å². The molecule has 3 rings (SSSR count). The normalized spacial score (nSPS) is 22.6. The summed E-state index contributed by atoms with van der Waals surface area (Å²) in [6.07, 6.45) is 5.48. The van der Waals surface area contributed by atoms with Crippen molar-refractivity contribution in [1.29, 1.82) is 0 Å². The van der Waals surface area contributed by atoms with Crippen LogP contribution in [0.25, 0.3) is 0 Å². The van der Waals surface area contributed by atoms with Gasteiger partial charge in [-0.2, -0.15) is 0 Å². The van der Waals surface area contributed by atoms with E-state index in [9.17, 15) is 0 Å². The fraction of sp³-hybridized carbons (Fsp3) is 0.667. The first-order chi connectivity index (χ1) is 8.81. The Morgan fingerprint density at radius 2 is 1.94 bits per heavy atom. The molecule has 0 amide bonds. The van der Waals surface area contributed by atoms with Crippen LogP contribution in [-0.4, -0.2) is 48.3 Å². The van der Waals surface area contributed by atoms with Crippen molar-refractivity contribution in [3.05, 3.63) is 12.4 Å². The van der Waals surface area contributed by atoms with Crippen molar-refractivity contribution in [2.75, 3.05) is 37.5 Å². The maximum Gasteiger partial charge on any atom is 0.171 e. The molecule has 98 valence electrons. The molecular formula is C12H17N3O2S. The highest BCUT2D eigenvalue weighted by molar-refractivity contribution is 7.98. The first kappa shape index (κ1) is 12.2. The molecule has 0 atom stereocenters. The largest absolute Gasteiger partial charge is 0.356 e. The summed E-state index contributed by atoms with van der Waals surface area (Å²) < 4.78 is 11.4. The van der Waals surface area contributed by atoms with Crippen LogP contribution in [0, 0.1) is 0 Å². The fourth-order valence-corrected chi connectivity index (χ4v) is 2.85. The van der Waals surface area contributed by atoms with Crippen LogP contribution in [0.5, 0.6) is 0 Å². The van der Waals surface area contributed by atoms with Crippen molar-refractivity contribution in [3.63, 3.8) is 0 Å². The average Bonchev–Trinajstić information content (AvgIpc) is 2.88. The van der Waals surface area contributed by atoms with Gasteiger partial charge >= 0.3 is 0 Å². The molecule has 1 aromatic heterocycles. The number of nitrogens with zero attached hydrogens (tertiary/aromatic N) is 3. The fourth-order valence-electron chi connectivity index (χ4n) is 2.48. The molecule has 0 unspecified atom stereocenters. The van der Waals surface area contributed by atoms with Gasteiger partial charge in [0.05, 0.1) is 13.2 Å². The monoisotopic (exact) mass is 267 g/mol. The molecule has 18 heavy (non-hydrogen) atoms. The lowest BCUT2D eigenvalue weighted by Gasteiger charge is -2.38. The molecule has 0 radical (unpaired) electrons. The molecule has 2 saturated heterocycles. The van der Waals surface area contributed by atoms with Crippen molar-refractivity contribution in [2.24, 2.45) is 0 Å². The molecule has 0 N–H and O–H groups in total. The van der Waals surface area contributed by atoms with Gasteiger partial charge in [0.15, 0.2) is 5.79 Å². The molecular weight excluding hydrogens is 250 g/mol. The van der Waals surface area contributed by atoms with Crippen LogP contribution in [0.15, 0.2) is 17.4 Å². The summed E-state index contributed by atoms with van der Waals surface area (Å²) in [6.45, 7) is 3.30. The van der Waals surface area contributed by atoms with Gasteiger partial charge in [0.25, 0.3) is 0 Å². The third kappa shape index (κ3) is 2.32. The van der Waals surface area contributed by atoms with E-state index in [0.29, 0.717) is 0 Å². The Balaban J connectivity index is 1.68. The average molecular weight is 267 g/mol. The van der Waals surface area contributed by atoms with Crippen molar-refractivity contribution < 1.29 is 9.47 Å². The SMILES string of the molecule is CSc1cc(N2CCC3(CC2)OCCO3)ncn1. The van der Waals surface area contributed by atoms with Crippen molar-refractivity contribution in [1.82, 2.24) is 9.97 Å². The minimum atomic E-state index is -0.314. The van der Waals surface area contributed by atoms with E-state index in [1.165, 1.54) is 0 Å². The number of ether oxygens (including phenoxy) is 2. The van der Waals surface area contributed by atoms with E-state index in [-0.39, 0.29) is 5.79 Å². The molecule has 0 aliphatic carbocycles. The van der Waals surface area contributed by atoms with Gasteiger partial charge < -0.3 is 14.4 Å². The number of hydrogen-bond acceptors (Lipinski definition) is 6. The van der Waals surface area contributed by atoms with Gasteiger partial charge in [-0.05, 0) is 6.26 Å². The molecule has 1 spiro atoms. The van der Waals surface area contributed by atoms with E-state index >= 15 is 0 Å². The molecule has 0 saturated carbocycles. The van der Waals surface area contributed by atoms with Crippen LogP contribution in [0.2, 0.25) is 0 Å². The van der Waals surface area contributed by atoms with Crippen LogP contribution < -0.4 is 4.90 Å². The molecule has 6 heteroatoms. The van der Waals surface area contributed by atoms with E-state index in [1.807, 2.05) is 12.3 Å². The van der Waals surface area contributed by atoms with E-state index < -0.39 is 0 Å². The van der Waals surface area contributed by atoms with Gasteiger partial charge in [0.1, 0.15) is 17.2 Å². The summed E-state index contributed by atoms with van der Waals surface area (Å²) in [5, 5.41) is 1.01. The first-order valence-corrected chi connectivity index (χ1v) is 7.43. The predicted octanol–water partition coefficient (Wildman–Crippen LogP) is 1.54. The number of thioether (sulfide) groups is 1. The minimum Gasteiger partial charge on any atom is -0.356 e. The number of anilines is 1. The smallest absolute Gasteiger partial charge is 0.171 e. The van der Waals surface area contributed by atoms with Crippen LogP contribution in [0.4, 0.5) is 5.82 Å². The summed E-state index contributed by atoms with van der Waals surface area (Å²) in [4.78, 5) is 10.8. The lowest BCUT2D eigenvalue weighted by Crippen LogP contribution is -2.45. The summed E-state index contributed by atoms with van der Waals surface area (Å²) in [5.74, 6) is 0.688. The topological polar surface area (TPSA) is 47.5 Å². The van der Waals surface area contributed by atoms with Gasteiger partial charge in [-0.1, -0.05) is 0 Å². The second-order valence-corrected chi connectivity index (χ2v) is 5.34. The van der Waals surface area contributed by atoms with E-state index in [1.54, 1.807) is 18.1 Å². The van der Waals surface area contributed by atoms with Crippen molar-refractivity contribution in [3.8, 4) is 0 Å². The third-order valence-corrected chi connectivity index (χ3v) is 4.14. The lowest BCUT2D eigenvalue weighted by molar-refractivity contribution is -0.169. The molecule has 2 aliphatic heterocycles. The second kappa shape index (κ2) is 5.03. The molecule has 1 aromatic rings. The molecule has 3 heterocycles. The standard InChI is InChI=1S/C12H17N3O2S/c1-18-11-8-10(13-9-14-11)15-4-2-12(3-5-15)16-6-7-17-12/h8-9H,2-7H2,1H3. The zero-order valence-corrected chi connectivity index (χ0v) is 11.3. The quantitative estimate of drug-likeness (QED) is 0.598. The zero-order chi connectivity index (χ0) is 12.4. The van der Waals surface area contributed by atoms with Gasteiger partial charge in [0, 0.05) is 32.0 Å². The Hall–Kier alpha value is -0.850. The van der Waals surface area contributed by atoms with Crippen molar-refractivity contribution >= 4 is 17.6 Å². The van der Waals surface area contributed by atoms with Crippen LogP contribution >= 0.6 is 11.8 Å². The summed E-state index contributed by atoms with van der Waals surface area (Å²) in [7, 11) is 0. The highest BCUT2D eigenvalue weighted by Crippen LogP contribution is 2.32. The number of piperidine rings is 1. The number of hydrogen-bond donors (Lipinski definition) is 0. The highest BCUT2D eigenvalue weighted by Gasteiger charge is 2.39.